The van der Waals surface area contributed by atoms with E-state index in [4.69, 9.17) is 5.11 Å². The Labute approximate surface area is 117 Å². The van der Waals surface area contributed by atoms with Gasteiger partial charge in [0.25, 0.3) is 0 Å². The fourth-order valence-electron chi connectivity index (χ4n) is 1.04. The number of halogens is 1. The van der Waals surface area contributed by atoms with Gasteiger partial charge in [0.1, 0.15) is 0 Å². The molecule has 0 saturated carbocycles. The summed E-state index contributed by atoms with van der Waals surface area (Å²) in [5.41, 5.74) is 0.727. The van der Waals surface area contributed by atoms with Crippen molar-refractivity contribution >= 4 is 51.9 Å². The molecule has 1 atom stereocenters. The molecule has 0 bridgehead atoms. The van der Waals surface area contributed by atoms with Crippen molar-refractivity contribution in [1.29, 1.82) is 0 Å². The lowest BCUT2D eigenvalue weighted by molar-refractivity contribution is -0.136. The lowest BCUT2D eigenvalue weighted by Crippen LogP contribution is -2.19. The summed E-state index contributed by atoms with van der Waals surface area (Å²) in [7, 11) is 0. The average Bonchev–Trinajstić information content (AvgIpc) is 2.25. The molecule has 4 nitrogen and oxygen atoms in total. The van der Waals surface area contributed by atoms with E-state index in [0.717, 1.165) is 21.0 Å². The molecule has 2 N–H and O–H groups in total. The third kappa shape index (κ3) is 5.40. The van der Waals surface area contributed by atoms with E-state index in [1.807, 2.05) is 18.2 Å². The van der Waals surface area contributed by atoms with Crippen LogP contribution in [0.5, 0.6) is 0 Å². The predicted molar refractivity (Wildman–Crippen MR) is 77.3 cm³/mol. The second-order valence-corrected chi connectivity index (χ2v) is 5.92. The van der Waals surface area contributed by atoms with Gasteiger partial charge in [0.2, 0.25) is 5.91 Å². The maximum atomic E-state index is 11.5. The summed E-state index contributed by atoms with van der Waals surface area (Å²) in [6, 6.07) is 7.43. The van der Waals surface area contributed by atoms with Crippen LogP contribution in [0.2, 0.25) is 0 Å². The van der Waals surface area contributed by atoms with Gasteiger partial charge in [-0.1, -0.05) is 6.07 Å². The zero-order valence-corrected chi connectivity index (χ0v) is 12.1. The van der Waals surface area contributed by atoms with Crippen LogP contribution in [0, 0.1) is 3.57 Å². The molecular formula is C11H12INO3S. The number of aliphatic carboxylic acids is 1. The number of anilines is 1. The normalized spacial score (nSPS) is 11.9. The van der Waals surface area contributed by atoms with Gasteiger partial charge in [-0.15, -0.1) is 11.8 Å². The maximum Gasteiger partial charge on any atom is 0.316 e. The van der Waals surface area contributed by atoms with E-state index in [1.54, 1.807) is 13.0 Å². The number of amides is 1. The molecule has 0 fully saturated rings. The second-order valence-electron chi connectivity index (χ2n) is 3.35. The number of carbonyl (C=O) groups is 2. The van der Waals surface area contributed by atoms with Crippen molar-refractivity contribution < 1.29 is 14.7 Å². The van der Waals surface area contributed by atoms with Crippen LogP contribution in [0.3, 0.4) is 0 Å². The lowest BCUT2D eigenvalue weighted by atomic mass is 10.3. The Morgan fingerprint density at radius 2 is 2.24 bits per heavy atom. The molecule has 1 rings (SSSR count). The molecule has 0 spiro atoms. The van der Waals surface area contributed by atoms with Gasteiger partial charge in [0.15, 0.2) is 0 Å². The Kier molecular flexibility index (Phi) is 5.76. The quantitative estimate of drug-likeness (QED) is 0.787. The highest BCUT2D eigenvalue weighted by atomic mass is 127. The summed E-state index contributed by atoms with van der Waals surface area (Å²) in [6.07, 6.45) is 0. The molecule has 1 amide bonds. The molecule has 0 aliphatic rings. The van der Waals surface area contributed by atoms with E-state index in [1.165, 1.54) is 0 Å². The van der Waals surface area contributed by atoms with Crippen LogP contribution in [0.25, 0.3) is 0 Å². The monoisotopic (exact) mass is 365 g/mol. The third-order valence-corrected chi connectivity index (χ3v) is 3.72. The fraction of sp³-hybridized carbons (Fsp3) is 0.273. The molecule has 0 radical (unpaired) electrons. The van der Waals surface area contributed by atoms with Crippen molar-refractivity contribution in [2.24, 2.45) is 0 Å². The van der Waals surface area contributed by atoms with Crippen LogP contribution >= 0.6 is 34.4 Å². The summed E-state index contributed by atoms with van der Waals surface area (Å²) in [5, 5.41) is 10.8. The number of nitrogens with one attached hydrogen (secondary N) is 1. The number of benzene rings is 1. The molecule has 0 aliphatic carbocycles. The van der Waals surface area contributed by atoms with Gasteiger partial charge in [-0.25, -0.2) is 0 Å². The Balaban J connectivity index is 2.42. The Morgan fingerprint density at radius 1 is 1.53 bits per heavy atom. The molecule has 0 saturated heterocycles. The smallest absolute Gasteiger partial charge is 0.316 e. The van der Waals surface area contributed by atoms with Crippen LogP contribution in [0.4, 0.5) is 5.69 Å². The highest BCUT2D eigenvalue weighted by Gasteiger charge is 2.13. The van der Waals surface area contributed by atoms with Crippen molar-refractivity contribution in [3.63, 3.8) is 0 Å². The Morgan fingerprint density at radius 3 is 2.82 bits per heavy atom. The molecule has 0 aromatic heterocycles. The number of carbonyl (C=O) groups excluding carboxylic acids is 1. The molecule has 17 heavy (non-hydrogen) atoms. The largest absolute Gasteiger partial charge is 0.480 e. The summed E-state index contributed by atoms with van der Waals surface area (Å²) < 4.78 is 1.03. The van der Waals surface area contributed by atoms with E-state index in [-0.39, 0.29) is 11.7 Å². The first-order valence-corrected chi connectivity index (χ1v) is 7.01. The van der Waals surface area contributed by atoms with Crippen LogP contribution in [0.1, 0.15) is 6.92 Å². The topological polar surface area (TPSA) is 66.4 Å². The van der Waals surface area contributed by atoms with Gasteiger partial charge in [-0.2, -0.15) is 0 Å². The highest BCUT2D eigenvalue weighted by Crippen LogP contribution is 2.14. The lowest BCUT2D eigenvalue weighted by Gasteiger charge is -2.07. The SMILES string of the molecule is CC(SCC(=O)Nc1cccc(I)c1)C(=O)O. The minimum absolute atomic E-state index is 0.138. The zero-order valence-electron chi connectivity index (χ0n) is 9.14. The fourth-order valence-corrected chi connectivity index (χ4v) is 2.19. The molecule has 0 heterocycles. The van der Waals surface area contributed by atoms with Crippen molar-refractivity contribution in [3.8, 4) is 0 Å². The summed E-state index contributed by atoms with van der Waals surface area (Å²) in [5.74, 6) is -0.957. The maximum absolute atomic E-state index is 11.5. The van der Waals surface area contributed by atoms with Crippen molar-refractivity contribution in [3.05, 3.63) is 27.8 Å². The summed E-state index contributed by atoms with van der Waals surface area (Å²) in [4.78, 5) is 22.1. The molecule has 1 aromatic rings. The number of hydrogen-bond acceptors (Lipinski definition) is 3. The first-order chi connectivity index (χ1) is 7.99. The van der Waals surface area contributed by atoms with E-state index < -0.39 is 11.2 Å². The van der Waals surface area contributed by atoms with E-state index in [0.29, 0.717) is 0 Å². The number of carboxylic acid groups (broad SMARTS) is 1. The molecule has 6 heteroatoms. The molecule has 1 aromatic carbocycles. The number of hydrogen-bond donors (Lipinski definition) is 2. The molecule has 0 aliphatic heterocycles. The minimum atomic E-state index is -0.906. The number of rotatable bonds is 5. The summed E-state index contributed by atoms with van der Waals surface area (Å²) >= 11 is 3.26. The standard InChI is InChI=1S/C11H12INO3S/c1-7(11(15)16)17-6-10(14)13-9-4-2-3-8(12)5-9/h2-5,7H,6H2,1H3,(H,13,14)(H,15,16). The van der Waals surface area contributed by atoms with E-state index in [9.17, 15) is 9.59 Å². The number of carboxylic acids is 1. The van der Waals surface area contributed by atoms with E-state index in [2.05, 4.69) is 27.9 Å². The van der Waals surface area contributed by atoms with Crippen LogP contribution < -0.4 is 5.32 Å². The molecular weight excluding hydrogens is 353 g/mol. The Hall–Kier alpha value is -0.760. The highest BCUT2D eigenvalue weighted by molar-refractivity contribution is 14.1. The van der Waals surface area contributed by atoms with Gasteiger partial charge in [0.05, 0.1) is 11.0 Å². The summed E-state index contributed by atoms with van der Waals surface area (Å²) in [6.45, 7) is 1.56. The zero-order chi connectivity index (χ0) is 12.8. The minimum Gasteiger partial charge on any atom is -0.480 e. The predicted octanol–water partition coefficient (Wildman–Crippen LogP) is 2.44. The van der Waals surface area contributed by atoms with Gasteiger partial charge in [-0.05, 0) is 47.7 Å². The van der Waals surface area contributed by atoms with Gasteiger partial charge < -0.3 is 10.4 Å². The first-order valence-electron chi connectivity index (χ1n) is 4.89. The van der Waals surface area contributed by atoms with Crippen molar-refractivity contribution in [2.45, 2.75) is 12.2 Å². The van der Waals surface area contributed by atoms with Gasteiger partial charge >= 0.3 is 5.97 Å². The van der Waals surface area contributed by atoms with Crippen molar-refractivity contribution in [2.75, 3.05) is 11.1 Å². The molecule has 1 unspecified atom stereocenters. The first kappa shape index (κ1) is 14.3. The van der Waals surface area contributed by atoms with Crippen LogP contribution in [-0.2, 0) is 9.59 Å². The van der Waals surface area contributed by atoms with Crippen LogP contribution in [-0.4, -0.2) is 28.0 Å². The van der Waals surface area contributed by atoms with E-state index >= 15 is 0 Å². The Bertz CT molecular complexity index is 425. The van der Waals surface area contributed by atoms with Crippen LogP contribution in [0.15, 0.2) is 24.3 Å². The van der Waals surface area contributed by atoms with Crippen molar-refractivity contribution in [1.82, 2.24) is 0 Å². The molecule has 92 valence electrons. The van der Waals surface area contributed by atoms with Gasteiger partial charge in [-0.3, -0.25) is 9.59 Å². The number of thioether (sulfide) groups is 1. The third-order valence-electron chi connectivity index (χ3n) is 1.92. The van der Waals surface area contributed by atoms with Gasteiger partial charge in [0, 0.05) is 9.26 Å². The second kappa shape index (κ2) is 6.85. The average molecular weight is 365 g/mol.